The molecule has 0 heterocycles. The van der Waals surface area contributed by atoms with Gasteiger partial charge in [0.1, 0.15) is 0 Å². The molecule has 2 fully saturated rings. The van der Waals surface area contributed by atoms with Crippen molar-refractivity contribution in [3.05, 3.63) is 0 Å². The SMILES string of the molecule is OS(O)(N=C1CCCCC1)N=C1CCCCC1. The molecule has 17 heavy (non-hydrogen) atoms. The molecule has 0 unspecified atom stereocenters. The number of nitrogens with zero attached hydrogens (tertiary/aromatic N) is 2. The minimum atomic E-state index is -3.10. The van der Waals surface area contributed by atoms with Gasteiger partial charge < -0.3 is 0 Å². The van der Waals surface area contributed by atoms with E-state index in [9.17, 15) is 9.11 Å². The molecule has 2 saturated carbocycles. The highest BCUT2D eigenvalue weighted by Gasteiger charge is 2.16. The third-order valence-electron chi connectivity index (χ3n) is 3.36. The summed E-state index contributed by atoms with van der Waals surface area (Å²) in [5, 5.41) is 0. The molecule has 0 aromatic heterocycles. The summed E-state index contributed by atoms with van der Waals surface area (Å²) in [6, 6.07) is 0. The van der Waals surface area contributed by atoms with E-state index in [2.05, 4.69) is 8.80 Å². The van der Waals surface area contributed by atoms with Crippen molar-refractivity contribution >= 4 is 22.4 Å². The van der Waals surface area contributed by atoms with Crippen LogP contribution in [-0.2, 0) is 0 Å². The van der Waals surface area contributed by atoms with Gasteiger partial charge in [-0.1, -0.05) is 12.8 Å². The van der Waals surface area contributed by atoms with E-state index in [4.69, 9.17) is 0 Å². The molecule has 0 spiro atoms. The van der Waals surface area contributed by atoms with Crippen molar-refractivity contribution in [1.29, 1.82) is 0 Å². The van der Waals surface area contributed by atoms with Crippen LogP contribution in [0.5, 0.6) is 0 Å². The summed E-state index contributed by atoms with van der Waals surface area (Å²) in [5.41, 5.74) is 1.88. The Hall–Kier alpha value is -0.390. The molecule has 0 atom stereocenters. The molecule has 2 aliphatic rings. The van der Waals surface area contributed by atoms with Gasteiger partial charge in [-0.2, -0.15) is 0 Å². The lowest BCUT2D eigenvalue weighted by Crippen LogP contribution is -2.09. The van der Waals surface area contributed by atoms with E-state index in [-0.39, 0.29) is 0 Å². The summed E-state index contributed by atoms with van der Waals surface area (Å²) < 4.78 is 27.9. The maximum Gasteiger partial charge on any atom is 0.0397 e. The van der Waals surface area contributed by atoms with Crippen LogP contribution in [0.15, 0.2) is 8.80 Å². The fourth-order valence-electron chi connectivity index (χ4n) is 2.47. The molecule has 0 aromatic rings. The molecule has 5 heteroatoms. The topological polar surface area (TPSA) is 65.2 Å². The Morgan fingerprint density at radius 2 is 1.00 bits per heavy atom. The minimum absolute atomic E-state index is 0.903. The lowest BCUT2D eigenvalue weighted by molar-refractivity contribution is 0.490. The average molecular weight is 258 g/mol. The van der Waals surface area contributed by atoms with Gasteiger partial charge in [0.05, 0.1) is 0 Å². The standard InChI is InChI=1S/C12H22N2O2S/c15-17(16,13-11-7-3-1-4-8-11)14-12-9-5-2-6-10-12/h15-16H,1-10H2. The van der Waals surface area contributed by atoms with Crippen molar-refractivity contribution in [1.82, 2.24) is 0 Å². The summed E-state index contributed by atoms with van der Waals surface area (Å²) in [6.07, 6.45) is 10.5. The first-order valence-electron chi connectivity index (χ1n) is 6.59. The Morgan fingerprint density at radius 3 is 1.35 bits per heavy atom. The smallest absolute Gasteiger partial charge is 0.0397 e. The van der Waals surface area contributed by atoms with E-state index in [0.717, 1.165) is 62.8 Å². The number of hydrogen-bond acceptors (Lipinski definition) is 4. The molecule has 0 bridgehead atoms. The minimum Gasteiger partial charge on any atom is -0.262 e. The highest BCUT2D eigenvalue weighted by atomic mass is 32.3. The lowest BCUT2D eigenvalue weighted by atomic mass is 9.99. The monoisotopic (exact) mass is 258 g/mol. The second kappa shape index (κ2) is 5.98. The van der Waals surface area contributed by atoms with Crippen molar-refractivity contribution < 1.29 is 9.11 Å². The Kier molecular flexibility index (Phi) is 4.59. The van der Waals surface area contributed by atoms with Crippen LogP contribution in [0.1, 0.15) is 64.2 Å². The van der Waals surface area contributed by atoms with Crippen LogP contribution < -0.4 is 0 Å². The van der Waals surface area contributed by atoms with E-state index in [1.165, 1.54) is 12.8 Å². The van der Waals surface area contributed by atoms with Gasteiger partial charge >= 0.3 is 0 Å². The van der Waals surface area contributed by atoms with Gasteiger partial charge in [0.15, 0.2) is 0 Å². The van der Waals surface area contributed by atoms with Crippen molar-refractivity contribution in [2.45, 2.75) is 64.2 Å². The van der Waals surface area contributed by atoms with E-state index in [1.54, 1.807) is 0 Å². The Balaban J connectivity index is 2.01. The quantitative estimate of drug-likeness (QED) is 0.772. The zero-order chi connectivity index (χ0) is 12.1. The van der Waals surface area contributed by atoms with Crippen LogP contribution in [0.4, 0.5) is 0 Å². The van der Waals surface area contributed by atoms with Gasteiger partial charge in [-0.15, -0.1) is 8.80 Å². The highest BCUT2D eigenvalue weighted by Crippen LogP contribution is 2.44. The summed E-state index contributed by atoms with van der Waals surface area (Å²) in [5.74, 6) is 0. The van der Waals surface area contributed by atoms with Crippen LogP contribution in [0, 0.1) is 0 Å². The van der Waals surface area contributed by atoms with E-state index in [0.29, 0.717) is 0 Å². The molecule has 0 aliphatic heterocycles. The zero-order valence-corrected chi connectivity index (χ0v) is 11.1. The molecular weight excluding hydrogens is 236 g/mol. The van der Waals surface area contributed by atoms with Crippen molar-refractivity contribution in [3.63, 3.8) is 0 Å². The third-order valence-corrected chi connectivity index (χ3v) is 4.37. The molecule has 0 radical (unpaired) electrons. The fraction of sp³-hybridized carbons (Fsp3) is 0.833. The zero-order valence-electron chi connectivity index (χ0n) is 10.3. The molecule has 0 saturated heterocycles. The summed E-state index contributed by atoms with van der Waals surface area (Å²) in [7, 11) is -3.10. The molecule has 0 aromatic carbocycles. The van der Waals surface area contributed by atoms with Gasteiger partial charge in [0.2, 0.25) is 0 Å². The Bertz CT molecular complexity index is 280. The van der Waals surface area contributed by atoms with E-state index >= 15 is 0 Å². The first kappa shape index (κ1) is 13.1. The molecule has 98 valence electrons. The largest absolute Gasteiger partial charge is 0.262 e. The maximum atomic E-state index is 9.88. The van der Waals surface area contributed by atoms with Crippen molar-refractivity contribution in [3.8, 4) is 0 Å². The van der Waals surface area contributed by atoms with Gasteiger partial charge in [-0.25, -0.2) is 0 Å². The molecule has 0 amide bonds. The van der Waals surface area contributed by atoms with Crippen LogP contribution >= 0.6 is 11.0 Å². The summed E-state index contributed by atoms with van der Waals surface area (Å²) in [6.45, 7) is 0. The van der Waals surface area contributed by atoms with Gasteiger partial charge in [0.25, 0.3) is 0 Å². The van der Waals surface area contributed by atoms with Crippen LogP contribution in [-0.4, -0.2) is 20.5 Å². The second-order valence-corrected chi connectivity index (χ2v) is 6.27. The first-order chi connectivity index (χ1) is 8.16. The van der Waals surface area contributed by atoms with Crippen LogP contribution in [0.25, 0.3) is 0 Å². The molecule has 2 rings (SSSR count). The highest BCUT2D eigenvalue weighted by molar-refractivity contribution is 8.22. The predicted octanol–water partition coefficient (Wildman–Crippen LogP) is 4.38. The van der Waals surface area contributed by atoms with E-state index in [1.807, 2.05) is 0 Å². The van der Waals surface area contributed by atoms with Crippen molar-refractivity contribution in [2.24, 2.45) is 8.80 Å². The van der Waals surface area contributed by atoms with E-state index < -0.39 is 11.0 Å². The lowest BCUT2D eigenvalue weighted by Gasteiger charge is -2.26. The molecule has 2 aliphatic carbocycles. The van der Waals surface area contributed by atoms with Crippen LogP contribution in [0.3, 0.4) is 0 Å². The normalized spacial score (nSPS) is 23.4. The average Bonchev–Trinajstić information content (AvgIpc) is 2.30. The van der Waals surface area contributed by atoms with Crippen molar-refractivity contribution in [2.75, 3.05) is 0 Å². The number of rotatable bonds is 2. The molecule has 4 nitrogen and oxygen atoms in total. The second-order valence-electron chi connectivity index (χ2n) is 4.93. The maximum absolute atomic E-state index is 9.88. The molecule has 2 N–H and O–H groups in total. The predicted molar refractivity (Wildman–Crippen MR) is 73.9 cm³/mol. The fourth-order valence-corrected chi connectivity index (χ4v) is 3.57. The number of hydrogen-bond donors (Lipinski definition) is 2. The summed E-state index contributed by atoms with van der Waals surface area (Å²) >= 11 is 0. The Morgan fingerprint density at radius 1 is 0.647 bits per heavy atom. The summed E-state index contributed by atoms with van der Waals surface area (Å²) in [4.78, 5) is 0. The van der Waals surface area contributed by atoms with Gasteiger partial charge in [0, 0.05) is 22.4 Å². The van der Waals surface area contributed by atoms with Gasteiger partial charge in [-0.3, -0.25) is 9.11 Å². The molecular formula is C12H22N2O2S. The van der Waals surface area contributed by atoms with Gasteiger partial charge in [-0.05, 0) is 51.4 Å². The first-order valence-corrected chi connectivity index (χ1v) is 8.05. The Labute approximate surface area is 105 Å². The third kappa shape index (κ3) is 4.41. The van der Waals surface area contributed by atoms with Crippen LogP contribution in [0.2, 0.25) is 0 Å².